The van der Waals surface area contributed by atoms with Crippen molar-refractivity contribution in [2.75, 3.05) is 17.3 Å². The predicted molar refractivity (Wildman–Crippen MR) is 133 cm³/mol. The lowest BCUT2D eigenvalue weighted by molar-refractivity contribution is -0.117. The molecule has 8 heteroatoms. The fourth-order valence-corrected chi connectivity index (χ4v) is 4.82. The summed E-state index contributed by atoms with van der Waals surface area (Å²) in [4.78, 5) is 19.5. The van der Waals surface area contributed by atoms with Crippen molar-refractivity contribution in [1.82, 2.24) is 19.7 Å². The third kappa shape index (κ3) is 4.32. The first-order valence-electron chi connectivity index (χ1n) is 10.9. The molecule has 0 aliphatic carbocycles. The molecular formula is C26H23N5O2S. The molecule has 3 heterocycles. The van der Waals surface area contributed by atoms with Gasteiger partial charge in [-0.1, -0.05) is 60.3 Å². The smallest absolute Gasteiger partial charge is 0.238 e. The molecule has 0 saturated carbocycles. The fraction of sp³-hybridized carbons (Fsp3) is 0.154. The summed E-state index contributed by atoms with van der Waals surface area (Å²) in [6, 6.07) is 21.2. The number of carbonyl (C=O) groups is 1. The highest BCUT2D eigenvalue weighted by Gasteiger charge is 2.33. The quantitative estimate of drug-likeness (QED) is 0.286. The molecule has 0 unspecified atom stereocenters. The molecule has 0 N–H and O–H groups in total. The van der Waals surface area contributed by atoms with Crippen molar-refractivity contribution in [2.45, 2.75) is 17.7 Å². The molecule has 2 aromatic heterocycles. The molecule has 0 spiro atoms. The van der Waals surface area contributed by atoms with E-state index in [1.54, 1.807) is 18.5 Å². The zero-order valence-corrected chi connectivity index (χ0v) is 19.3. The minimum atomic E-state index is -0.206. The number of ether oxygens (including phenoxy) is 1. The fourth-order valence-electron chi connectivity index (χ4n) is 4.02. The summed E-state index contributed by atoms with van der Waals surface area (Å²) < 4.78 is 7.95. The average molecular weight is 470 g/mol. The largest absolute Gasteiger partial charge is 0.489 e. The van der Waals surface area contributed by atoms with Crippen LogP contribution >= 0.6 is 11.8 Å². The SMILES string of the molecule is C=CCn1c(SCC(=O)N2c3ccccc3OC[C@H]2c2ccccc2)nnc1-c1ccncc1. The third-order valence-electron chi connectivity index (χ3n) is 5.58. The lowest BCUT2D eigenvalue weighted by Crippen LogP contribution is -2.42. The van der Waals surface area contributed by atoms with Gasteiger partial charge < -0.3 is 4.74 Å². The number of benzene rings is 2. The zero-order valence-electron chi connectivity index (χ0n) is 18.4. The number of hydrogen-bond acceptors (Lipinski definition) is 6. The van der Waals surface area contributed by atoms with Gasteiger partial charge in [0, 0.05) is 24.5 Å². The number of anilines is 1. The van der Waals surface area contributed by atoms with E-state index in [0.29, 0.717) is 24.1 Å². The second-order valence-corrected chi connectivity index (χ2v) is 8.64. The number of nitrogens with zero attached hydrogens (tertiary/aromatic N) is 5. The van der Waals surface area contributed by atoms with Crippen LogP contribution in [0.25, 0.3) is 11.4 Å². The molecule has 0 fully saturated rings. The first-order chi connectivity index (χ1) is 16.8. The number of rotatable bonds is 7. The van der Waals surface area contributed by atoms with Crippen molar-refractivity contribution < 1.29 is 9.53 Å². The summed E-state index contributed by atoms with van der Waals surface area (Å²) in [5.74, 6) is 1.62. The highest BCUT2D eigenvalue weighted by atomic mass is 32.2. The first-order valence-corrected chi connectivity index (χ1v) is 11.9. The number of aromatic nitrogens is 4. The number of hydrogen-bond donors (Lipinski definition) is 0. The second-order valence-electron chi connectivity index (χ2n) is 7.70. The molecular weight excluding hydrogens is 446 g/mol. The Hall–Kier alpha value is -3.91. The van der Waals surface area contributed by atoms with Crippen LogP contribution in [0, 0.1) is 0 Å². The predicted octanol–water partition coefficient (Wildman–Crippen LogP) is 4.79. The van der Waals surface area contributed by atoms with E-state index in [1.165, 1.54) is 11.8 Å². The van der Waals surface area contributed by atoms with Gasteiger partial charge in [0.2, 0.25) is 5.91 Å². The van der Waals surface area contributed by atoms with E-state index in [2.05, 4.69) is 21.8 Å². The Bertz CT molecular complexity index is 1290. The minimum Gasteiger partial charge on any atom is -0.489 e. The summed E-state index contributed by atoms with van der Waals surface area (Å²) in [5.41, 5.74) is 2.72. The van der Waals surface area contributed by atoms with Crippen LogP contribution in [0.1, 0.15) is 11.6 Å². The van der Waals surface area contributed by atoms with Gasteiger partial charge in [-0.2, -0.15) is 0 Å². The lowest BCUT2D eigenvalue weighted by Gasteiger charge is -2.37. The van der Waals surface area contributed by atoms with E-state index in [1.807, 2.05) is 76.2 Å². The van der Waals surface area contributed by atoms with Crippen LogP contribution < -0.4 is 9.64 Å². The summed E-state index contributed by atoms with van der Waals surface area (Å²) in [5, 5.41) is 9.39. The molecule has 7 nitrogen and oxygen atoms in total. The maximum atomic E-state index is 13.6. The Morgan fingerprint density at radius 2 is 1.82 bits per heavy atom. The topological polar surface area (TPSA) is 73.1 Å². The van der Waals surface area contributed by atoms with Gasteiger partial charge in [0.05, 0.1) is 17.5 Å². The molecule has 0 radical (unpaired) electrons. The second kappa shape index (κ2) is 9.93. The summed E-state index contributed by atoms with van der Waals surface area (Å²) >= 11 is 1.37. The van der Waals surface area contributed by atoms with Crippen LogP contribution in [0.15, 0.2) is 96.9 Å². The van der Waals surface area contributed by atoms with Gasteiger partial charge >= 0.3 is 0 Å². The monoisotopic (exact) mass is 469 g/mol. The van der Waals surface area contributed by atoms with Crippen molar-refractivity contribution in [1.29, 1.82) is 0 Å². The van der Waals surface area contributed by atoms with E-state index in [4.69, 9.17) is 4.74 Å². The Morgan fingerprint density at radius 3 is 2.62 bits per heavy atom. The number of fused-ring (bicyclic) bond motifs is 1. The van der Waals surface area contributed by atoms with Crippen LogP contribution in [0.3, 0.4) is 0 Å². The molecule has 1 aliphatic heterocycles. The van der Waals surface area contributed by atoms with Crippen LogP contribution in [0.2, 0.25) is 0 Å². The first kappa shape index (κ1) is 21.9. The summed E-state index contributed by atoms with van der Waals surface area (Å²) in [6.07, 6.45) is 5.24. The van der Waals surface area contributed by atoms with Crippen LogP contribution in [0.5, 0.6) is 5.75 Å². The lowest BCUT2D eigenvalue weighted by atomic mass is 10.0. The van der Waals surface area contributed by atoms with Crippen molar-refractivity contribution in [2.24, 2.45) is 0 Å². The van der Waals surface area contributed by atoms with Crippen LogP contribution in [0.4, 0.5) is 5.69 Å². The highest BCUT2D eigenvalue weighted by molar-refractivity contribution is 7.99. The molecule has 2 aromatic carbocycles. The molecule has 0 bridgehead atoms. The van der Waals surface area contributed by atoms with Gasteiger partial charge in [-0.3, -0.25) is 19.2 Å². The molecule has 1 aliphatic rings. The maximum absolute atomic E-state index is 13.6. The summed E-state index contributed by atoms with van der Waals surface area (Å²) in [7, 11) is 0. The van der Waals surface area contributed by atoms with Crippen LogP contribution in [-0.2, 0) is 11.3 Å². The molecule has 4 aromatic rings. The Kier molecular flexibility index (Phi) is 6.40. The Labute approximate surface area is 202 Å². The molecule has 5 rings (SSSR count). The number of amides is 1. The molecule has 1 atom stereocenters. The van der Waals surface area contributed by atoms with E-state index >= 15 is 0 Å². The number of para-hydroxylation sites is 2. The van der Waals surface area contributed by atoms with Gasteiger partial charge in [0.1, 0.15) is 12.4 Å². The van der Waals surface area contributed by atoms with E-state index in [9.17, 15) is 4.79 Å². The van der Waals surface area contributed by atoms with Crippen molar-refractivity contribution >= 4 is 23.4 Å². The van der Waals surface area contributed by atoms with Crippen LogP contribution in [-0.4, -0.2) is 38.0 Å². The number of thioether (sulfide) groups is 1. The zero-order chi connectivity index (χ0) is 23.3. The van der Waals surface area contributed by atoms with Crippen molar-refractivity contribution in [3.63, 3.8) is 0 Å². The number of carbonyl (C=O) groups excluding carboxylic acids is 1. The van der Waals surface area contributed by atoms with Gasteiger partial charge in [-0.25, -0.2) is 0 Å². The van der Waals surface area contributed by atoms with Gasteiger partial charge in [-0.15, -0.1) is 16.8 Å². The highest BCUT2D eigenvalue weighted by Crippen LogP contribution is 2.40. The maximum Gasteiger partial charge on any atom is 0.238 e. The standard InChI is InChI=1S/C26H23N5O2S/c1-2-16-30-25(20-12-14-27-15-13-20)28-29-26(30)34-18-24(32)31-21-10-6-7-11-23(21)33-17-22(31)19-8-4-3-5-9-19/h2-15,22H,1,16-18H2/t22-/m0/s1. The van der Waals surface area contributed by atoms with E-state index in [-0.39, 0.29) is 17.7 Å². The van der Waals surface area contributed by atoms with Crippen molar-refractivity contribution in [3.05, 3.63) is 97.3 Å². The minimum absolute atomic E-state index is 0.0202. The number of pyridine rings is 1. The third-order valence-corrected chi connectivity index (χ3v) is 6.53. The Morgan fingerprint density at radius 1 is 1.06 bits per heavy atom. The molecule has 170 valence electrons. The van der Waals surface area contributed by atoms with E-state index in [0.717, 1.165) is 22.6 Å². The normalized spacial score (nSPS) is 14.8. The van der Waals surface area contributed by atoms with Gasteiger partial charge in [0.25, 0.3) is 0 Å². The molecule has 0 saturated heterocycles. The molecule has 1 amide bonds. The summed E-state index contributed by atoms with van der Waals surface area (Å²) in [6.45, 7) is 4.80. The van der Waals surface area contributed by atoms with Crippen molar-refractivity contribution in [3.8, 4) is 17.1 Å². The van der Waals surface area contributed by atoms with E-state index < -0.39 is 0 Å². The Balaban J connectivity index is 1.42. The average Bonchev–Trinajstić information content (AvgIpc) is 3.30. The molecule has 34 heavy (non-hydrogen) atoms. The number of allylic oxidation sites excluding steroid dienone is 1. The van der Waals surface area contributed by atoms with Gasteiger partial charge in [0.15, 0.2) is 11.0 Å². The van der Waals surface area contributed by atoms with Gasteiger partial charge in [-0.05, 0) is 29.8 Å².